The first-order valence-electron chi connectivity index (χ1n) is 3.66. The van der Waals surface area contributed by atoms with E-state index < -0.39 is 0 Å². The van der Waals surface area contributed by atoms with Gasteiger partial charge >= 0.3 is 0 Å². The zero-order valence-electron chi connectivity index (χ0n) is 6.54. The van der Waals surface area contributed by atoms with Gasteiger partial charge in [0.15, 0.2) is 0 Å². The molecule has 0 saturated carbocycles. The predicted octanol–water partition coefficient (Wildman–Crippen LogP) is 2.02. The summed E-state index contributed by atoms with van der Waals surface area (Å²) in [7, 11) is 0. The molecular weight excluding hydrogens is 140 g/mol. The summed E-state index contributed by atoms with van der Waals surface area (Å²) in [6, 6.07) is 7.21. The van der Waals surface area contributed by atoms with Crippen LogP contribution < -0.4 is 4.74 Å². The van der Waals surface area contributed by atoms with Crippen molar-refractivity contribution in [1.29, 1.82) is 0 Å². The van der Waals surface area contributed by atoms with Gasteiger partial charge in [-0.15, -0.1) is 0 Å². The molecular formula is C9H11O2. The zero-order valence-corrected chi connectivity index (χ0v) is 6.54. The molecule has 0 spiro atoms. The van der Waals surface area contributed by atoms with Gasteiger partial charge < -0.3 is 4.74 Å². The maximum absolute atomic E-state index is 10.4. The minimum absolute atomic E-state index is 0.160. The van der Waals surface area contributed by atoms with Gasteiger partial charge in [0.1, 0.15) is 12.4 Å². The molecule has 1 aromatic carbocycles. The quantitative estimate of drug-likeness (QED) is 0.649. The van der Waals surface area contributed by atoms with Crippen molar-refractivity contribution in [2.75, 3.05) is 6.61 Å². The van der Waals surface area contributed by atoms with Gasteiger partial charge in [0.05, 0.1) is 6.61 Å². The van der Waals surface area contributed by atoms with E-state index >= 15 is 0 Å². The van der Waals surface area contributed by atoms with E-state index in [0.717, 1.165) is 11.3 Å². The van der Waals surface area contributed by atoms with Crippen LogP contribution in [0.5, 0.6) is 5.75 Å². The van der Waals surface area contributed by atoms with E-state index in [-0.39, 0.29) is 6.61 Å². The second-order valence-electron chi connectivity index (χ2n) is 2.22. The maximum atomic E-state index is 10.4. The van der Waals surface area contributed by atoms with E-state index in [1.54, 1.807) is 12.1 Å². The average Bonchev–Trinajstić information content (AvgIpc) is 2.07. The van der Waals surface area contributed by atoms with Crippen molar-refractivity contribution in [2.45, 2.75) is 13.5 Å². The second-order valence-corrected chi connectivity index (χ2v) is 2.22. The Balaban J connectivity index is 2.66. The van der Waals surface area contributed by atoms with Crippen molar-refractivity contribution in [3.05, 3.63) is 29.8 Å². The third-order valence-electron chi connectivity index (χ3n) is 1.40. The molecule has 0 aromatic heterocycles. The molecule has 0 fully saturated rings. The van der Waals surface area contributed by atoms with Crippen LogP contribution >= 0.6 is 0 Å². The van der Waals surface area contributed by atoms with Gasteiger partial charge in [0.2, 0.25) is 0 Å². The molecule has 0 amide bonds. The molecule has 0 atom stereocenters. The summed E-state index contributed by atoms with van der Waals surface area (Å²) < 4.78 is 5.20. The van der Waals surface area contributed by atoms with Gasteiger partial charge in [0.25, 0.3) is 0 Å². The Bertz CT molecular complexity index is 203. The predicted molar refractivity (Wildman–Crippen MR) is 42.0 cm³/mol. The van der Waals surface area contributed by atoms with Crippen LogP contribution in [0.4, 0.5) is 0 Å². The molecule has 2 nitrogen and oxygen atoms in total. The number of hydrogen-bond acceptors (Lipinski definition) is 1. The summed E-state index contributed by atoms with van der Waals surface area (Å²) in [6.45, 7) is 2.44. The van der Waals surface area contributed by atoms with E-state index in [1.165, 1.54) is 0 Å². The molecule has 1 rings (SSSR count). The molecule has 1 aromatic rings. The molecule has 1 radical (unpaired) electrons. The number of ether oxygens (including phenoxy) is 1. The van der Waals surface area contributed by atoms with Crippen molar-refractivity contribution in [1.82, 2.24) is 0 Å². The minimum Gasteiger partial charge on any atom is -0.494 e. The van der Waals surface area contributed by atoms with Crippen molar-refractivity contribution in [3.8, 4) is 5.75 Å². The molecule has 0 aliphatic heterocycles. The summed E-state index contributed by atoms with van der Waals surface area (Å²) in [4.78, 5) is 0. The lowest BCUT2D eigenvalue weighted by atomic mass is 10.2. The summed E-state index contributed by atoms with van der Waals surface area (Å²) >= 11 is 0. The first kappa shape index (κ1) is 8.08. The molecule has 0 N–H and O–H groups in total. The second kappa shape index (κ2) is 3.98. The monoisotopic (exact) mass is 151 g/mol. The Morgan fingerprint density at radius 2 is 1.91 bits per heavy atom. The Morgan fingerprint density at radius 3 is 2.36 bits per heavy atom. The fraction of sp³-hybridized carbons (Fsp3) is 0.333. The van der Waals surface area contributed by atoms with Gasteiger partial charge in [-0.3, -0.25) is 0 Å². The van der Waals surface area contributed by atoms with Crippen molar-refractivity contribution >= 4 is 0 Å². The first-order valence-corrected chi connectivity index (χ1v) is 3.66. The van der Waals surface area contributed by atoms with Crippen LogP contribution in [-0.2, 0) is 11.7 Å². The van der Waals surface area contributed by atoms with E-state index in [4.69, 9.17) is 4.74 Å². The van der Waals surface area contributed by atoms with Crippen LogP contribution in [0.2, 0.25) is 0 Å². The number of hydrogen-bond donors (Lipinski definition) is 0. The van der Waals surface area contributed by atoms with E-state index in [2.05, 4.69) is 0 Å². The lowest BCUT2D eigenvalue weighted by Gasteiger charge is -2.01. The highest BCUT2D eigenvalue weighted by Crippen LogP contribution is 2.11. The summed E-state index contributed by atoms with van der Waals surface area (Å²) in [6.07, 6.45) is 0. The fourth-order valence-corrected chi connectivity index (χ4v) is 0.849. The highest BCUT2D eigenvalue weighted by molar-refractivity contribution is 5.26. The number of benzene rings is 1. The Morgan fingerprint density at radius 1 is 1.27 bits per heavy atom. The third-order valence-corrected chi connectivity index (χ3v) is 1.40. The molecule has 0 unspecified atom stereocenters. The Labute approximate surface area is 66.4 Å². The van der Waals surface area contributed by atoms with Crippen LogP contribution in [0.25, 0.3) is 0 Å². The maximum Gasteiger partial charge on any atom is 0.119 e. The first-order chi connectivity index (χ1) is 5.36. The van der Waals surface area contributed by atoms with Crippen LogP contribution in [0.15, 0.2) is 24.3 Å². The van der Waals surface area contributed by atoms with E-state index in [0.29, 0.717) is 6.61 Å². The molecule has 0 aliphatic rings. The lowest BCUT2D eigenvalue weighted by Crippen LogP contribution is -1.91. The van der Waals surface area contributed by atoms with Crippen LogP contribution in [0, 0.1) is 0 Å². The smallest absolute Gasteiger partial charge is 0.119 e. The molecule has 0 heterocycles. The Hall–Kier alpha value is -1.02. The zero-order chi connectivity index (χ0) is 8.10. The van der Waals surface area contributed by atoms with Gasteiger partial charge in [0, 0.05) is 0 Å². The molecule has 11 heavy (non-hydrogen) atoms. The van der Waals surface area contributed by atoms with Gasteiger partial charge in [-0.1, -0.05) is 12.1 Å². The average molecular weight is 151 g/mol. The highest BCUT2D eigenvalue weighted by atomic mass is 16.5. The third kappa shape index (κ3) is 2.24. The van der Waals surface area contributed by atoms with Gasteiger partial charge in [-0.25, -0.2) is 5.11 Å². The highest BCUT2D eigenvalue weighted by Gasteiger charge is 1.92. The molecule has 2 heteroatoms. The van der Waals surface area contributed by atoms with E-state index in [1.807, 2.05) is 19.1 Å². The van der Waals surface area contributed by atoms with Crippen molar-refractivity contribution in [3.63, 3.8) is 0 Å². The summed E-state index contributed by atoms with van der Waals surface area (Å²) in [5, 5.41) is 10.4. The topological polar surface area (TPSA) is 29.1 Å². The summed E-state index contributed by atoms with van der Waals surface area (Å²) in [5.41, 5.74) is 0.799. The standard InChI is InChI=1S/C9H11O2/c1-2-11-9-5-3-8(7-10)4-6-9/h3-6H,2,7H2,1H3. The molecule has 0 aliphatic carbocycles. The fourth-order valence-electron chi connectivity index (χ4n) is 0.849. The van der Waals surface area contributed by atoms with Gasteiger partial charge in [-0.05, 0) is 24.6 Å². The van der Waals surface area contributed by atoms with Crippen molar-refractivity contribution in [2.24, 2.45) is 0 Å². The SMILES string of the molecule is CCOc1ccc(C[O])cc1. The number of rotatable bonds is 3. The van der Waals surface area contributed by atoms with Gasteiger partial charge in [-0.2, -0.15) is 0 Å². The minimum atomic E-state index is -0.160. The molecule has 0 saturated heterocycles. The molecule has 0 bridgehead atoms. The Kier molecular flexibility index (Phi) is 2.93. The lowest BCUT2D eigenvalue weighted by molar-refractivity contribution is 0.177. The van der Waals surface area contributed by atoms with Crippen molar-refractivity contribution < 1.29 is 9.84 Å². The normalized spacial score (nSPS) is 9.64. The summed E-state index contributed by atoms with van der Waals surface area (Å²) in [5.74, 6) is 0.824. The van der Waals surface area contributed by atoms with Crippen LogP contribution in [0.1, 0.15) is 12.5 Å². The molecule has 59 valence electrons. The van der Waals surface area contributed by atoms with Crippen LogP contribution in [0.3, 0.4) is 0 Å². The van der Waals surface area contributed by atoms with E-state index in [9.17, 15) is 5.11 Å². The largest absolute Gasteiger partial charge is 0.494 e. The van der Waals surface area contributed by atoms with Crippen LogP contribution in [-0.4, -0.2) is 6.61 Å².